The number of hydrogen-bond donors (Lipinski definition) is 3. The van der Waals surface area contributed by atoms with Gasteiger partial charge in [-0.15, -0.1) is 0 Å². The zero-order chi connectivity index (χ0) is 24.8. The quantitative estimate of drug-likeness (QED) is 0.296. The highest BCUT2D eigenvalue weighted by molar-refractivity contribution is 6.34. The molecule has 3 N–H and O–H groups in total. The molecular weight excluding hydrogens is 462 g/mol. The fraction of sp³-hybridized carbons (Fsp3) is 0.143. The maximum absolute atomic E-state index is 13.1. The van der Waals surface area contributed by atoms with Crippen molar-refractivity contribution in [2.45, 2.75) is 13.3 Å². The van der Waals surface area contributed by atoms with Crippen LogP contribution < -0.4 is 15.4 Å². The normalized spacial score (nSPS) is 11.3. The maximum atomic E-state index is 13.1. The number of benzene rings is 3. The molecule has 0 aliphatic heterocycles. The number of hydrogen-bond acceptors (Lipinski definition) is 3. The van der Waals surface area contributed by atoms with E-state index < -0.39 is 11.8 Å². The van der Waals surface area contributed by atoms with Crippen molar-refractivity contribution in [3.05, 3.63) is 106 Å². The molecule has 0 atom stereocenters. The van der Waals surface area contributed by atoms with Crippen molar-refractivity contribution >= 4 is 40.4 Å². The molecule has 0 spiro atoms. The highest BCUT2D eigenvalue weighted by Crippen LogP contribution is 2.22. The lowest BCUT2D eigenvalue weighted by atomic mass is 10.1. The summed E-state index contributed by atoms with van der Waals surface area (Å²) in [5, 5.41) is 7.11. The van der Waals surface area contributed by atoms with Gasteiger partial charge in [-0.05, 0) is 60.9 Å². The van der Waals surface area contributed by atoms with Crippen LogP contribution in [0.1, 0.15) is 27.2 Å². The number of fused-ring (bicyclic) bond motifs is 1. The van der Waals surface area contributed by atoms with Crippen molar-refractivity contribution in [3.8, 4) is 5.75 Å². The molecule has 0 aliphatic rings. The maximum Gasteiger partial charge on any atom is 0.267 e. The molecule has 1 heterocycles. The Hall–Kier alpha value is -4.03. The standard InChI is InChI=1S/C28H26ClN3O3/c1-18-21(22-7-4-6-10-25(22)31-18)15-16-30-28(34)26(17-19-11-13-20(35-2)14-12-19)32-27(33)23-8-3-5-9-24(23)29/h3-14,17,31H,15-16H2,1-2H3,(H,30,34)(H,32,33)/b26-17-. The average molecular weight is 488 g/mol. The fourth-order valence-corrected chi connectivity index (χ4v) is 4.13. The van der Waals surface area contributed by atoms with Gasteiger partial charge in [0.25, 0.3) is 11.8 Å². The molecule has 3 aromatic carbocycles. The lowest BCUT2D eigenvalue weighted by Gasteiger charge is -2.12. The summed E-state index contributed by atoms with van der Waals surface area (Å²) in [7, 11) is 1.59. The van der Waals surface area contributed by atoms with Crippen LogP contribution in [0.25, 0.3) is 17.0 Å². The van der Waals surface area contributed by atoms with E-state index in [2.05, 4.69) is 21.7 Å². The summed E-state index contributed by atoms with van der Waals surface area (Å²) < 4.78 is 5.20. The number of carbonyl (C=O) groups is 2. The topological polar surface area (TPSA) is 83.2 Å². The summed E-state index contributed by atoms with van der Waals surface area (Å²) in [4.78, 5) is 29.4. The Morgan fingerprint density at radius 1 is 1.00 bits per heavy atom. The van der Waals surface area contributed by atoms with Crippen molar-refractivity contribution < 1.29 is 14.3 Å². The third kappa shape index (κ3) is 5.73. The number of carbonyl (C=O) groups excluding carboxylic acids is 2. The molecule has 178 valence electrons. The van der Waals surface area contributed by atoms with Crippen LogP contribution in [0.3, 0.4) is 0 Å². The van der Waals surface area contributed by atoms with Gasteiger partial charge in [0.1, 0.15) is 11.4 Å². The van der Waals surface area contributed by atoms with Crippen molar-refractivity contribution in [2.24, 2.45) is 0 Å². The summed E-state index contributed by atoms with van der Waals surface area (Å²) in [6, 6.07) is 22.0. The second-order valence-electron chi connectivity index (χ2n) is 8.05. The largest absolute Gasteiger partial charge is 0.497 e. The third-order valence-corrected chi connectivity index (χ3v) is 6.06. The molecule has 0 bridgehead atoms. The number of ether oxygens (including phenoxy) is 1. The van der Waals surface area contributed by atoms with Crippen LogP contribution in [-0.4, -0.2) is 30.5 Å². The van der Waals surface area contributed by atoms with E-state index in [1.54, 1.807) is 49.6 Å². The Bertz CT molecular complexity index is 1390. The highest BCUT2D eigenvalue weighted by Gasteiger charge is 2.17. The minimum atomic E-state index is -0.460. The van der Waals surface area contributed by atoms with Gasteiger partial charge < -0.3 is 20.4 Å². The average Bonchev–Trinajstić information content (AvgIpc) is 3.19. The Balaban J connectivity index is 1.52. The number of rotatable bonds is 8. The minimum absolute atomic E-state index is 0.121. The summed E-state index contributed by atoms with van der Waals surface area (Å²) >= 11 is 6.18. The van der Waals surface area contributed by atoms with Gasteiger partial charge in [0.15, 0.2) is 0 Å². The highest BCUT2D eigenvalue weighted by atomic mass is 35.5. The van der Waals surface area contributed by atoms with E-state index in [4.69, 9.17) is 16.3 Å². The summed E-state index contributed by atoms with van der Waals surface area (Å²) in [5.74, 6) is -0.154. The van der Waals surface area contributed by atoms with Gasteiger partial charge in [0.05, 0.1) is 17.7 Å². The molecular formula is C28H26ClN3O3. The molecule has 0 radical (unpaired) electrons. The molecule has 0 saturated carbocycles. The van der Waals surface area contributed by atoms with E-state index in [0.717, 1.165) is 27.7 Å². The summed E-state index contributed by atoms with van der Waals surface area (Å²) in [6.07, 6.45) is 2.27. The van der Waals surface area contributed by atoms with Gasteiger partial charge >= 0.3 is 0 Å². The molecule has 1 aromatic heterocycles. The molecule has 6 nitrogen and oxygen atoms in total. The van der Waals surface area contributed by atoms with Crippen molar-refractivity contribution in [3.63, 3.8) is 0 Å². The van der Waals surface area contributed by atoms with Gasteiger partial charge in [-0.1, -0.05) is 54.1 Å². The first-order chi connectivity index (χ1) is 17.0. The van der Waals surface area contributed by atoms with Gasteiger partial charge in [-0.2, -0.15) is 0 Å². The van der Waals surface area contributed by atoms with E-state index in [9.17, 15) is 9.59 Å². The lowest BCUT2D eigenvalue weighted by molar-refractivity contribution is -0.117. The number of para-hydroxylation sites is 1. The Morgan fingerprint density at radius 2 is 1.71 bits per heavy atom. The van der Waals surface area contributed by atoms with E-state index in [0.29, 0.717) is 23.7 Å². The van der Waals surface area contributed by atoms with E-state index in [1.807, 2.05) is 37.3 Å². The molecule has 4 rings (SSSR count). The first-order valence-corrected chi connectivity index (χ1v) is 11.6. The van der Waals surface area contributed by atoms with Crippen LogP contribution in [0, 0.1) is 6.92 Å². The van der Waals surface area contributed by atoms with Gasteiger partial charge in [0, 0.05) is 23.1 Å². The lowest BCUT2D eigenvalue weighted by Crippen LogP contribution is -2.35. The zero-order valence-corrected chi connectivity index (χ0v) is 20.3. The van der Waals surface area contributed by atoms with Gasteiger partial charge in [-0.25, -0.2) is 0 Å². The Labute approximate surface area is 209 Å². The number of nitrogens with one attached hydrogen (secondary N) is 3. The number of halogens is 1. The molecule has 0 saturated heterocycles. The van der Waals surface area contributed by atoms with Crippen molar-refractivity contribution in [1.82, 2.24) is 15.6 Å². The number of aryl methyl sites for hydroxylation is 1. The van der Waals surface area contributed by atoms with Crippen molar-refractivity contribution in [2.75, 3.05) is 13.7 Å². The van der Waals surface area contributed by atoms with E-state index in [-0.39, 0.29) is 11.3 Å². The molecule has 35 heavy (non-hydrogen) atoms. The second-order valence-corrected chi connectivity index (χ2v) is 8.45. The monoisotopic (exact) mass is 487 g/mol. The number of aromatic amines is 1. The molecule has 4 aromatic rings. The van der Waals surface area contributed by atoms with Crippen LogP contribution in [0.5, 0.6) is 5.75 Å². The summed E-state index contributed by atoms with van der Waals surface area (Å²) in [5.41, 5.74) is 4.44. The molecule has 0 unspecified atom stereocenters. The Morgan fingerprint density at radius 3 is 2.46 bits per heavy atom. The van der Waals surface area contributed by atoms with Crippen molar-refractivity contribution in [1.29, 1.82) is 0 Å². The van der Waals surface area contributed by atoms with Crippen LogP contribution in [-0.2, 0) is 11.2 Å². The number of methoxy groups -OCH3 is 1. The molecule has 0 fully saturated rings. The molecule has 7 heteroatoms. The first-order valence-electron chi connectivity index (χ1n) is 11.2. The van der Waals surface area contributed by atoms with Crippen LogP contribution in [0.2, 0.25) is 5.02 Å². The Kier molecular flexibility index (Phi) is 7.53. The first kappa shape index (κ1) is 24.1. The predicted octanol–water partition coefficient (Wildman–Crippen LogP) is 5.27. The molecule has 2 amide bonds. The number of amides is 2. The third-order valence-electron chi connectivity index (χ3n) is 5.73. The second kappa shape index (κ2) is 10.9. The SMILES string of the molecule is COc1ccc(/C=C(\NC(=O)c2ccccc2Cl)C(=O)NCCc2c(C)[nH]c3ccccc23)cc1. The number of H-pyrrole nitrogens is 1. The zero-order valence-electron chi connectivity index (χ0n) is 19.5. The number of aromatic nitrogens is 1. The summed E-state index contributed by atoms with van der Waals surface area (Å²) in [6.45, 7) is 2.43. The molecule has 0 aliphatic carbocycles. The van der Waals surface area contributed by atoms with Gasteiger partial charge in [-0.3, -0.25) is 9.59 Å². The predicted molar refractivity (Wildman–Crippen MR) is 140 cm³/mol. The fourth-order valence-electron chi connectivity index (χ4n) is 3.91. The van der Waals surface area contributed by atoms with Crippen LogP contribution >= 0.6 is 11.6 Å². The van der Waals surface area contributed by atoms with Gasteiger partial charge in [0.2, 0.25) is 0 Å². The van der Waals surface area contributed by atoms with Crippen LogP contribution in [0.4, 0.5) is 0 Å². The van der Waals surface area contributed by atoms with E-state index >= 15 is 0 Å². The van der Waals surface area contributed by atoms with Crippen LogP contribution in [0.15, 0.2) is 78.5 Å². The smallest absolute Gasteiger partial charge is 0.267 e. The minimum Gasteiger partial charge on any atom is -0.497 e. The van der Waals surface area contributed by atoms with E-state index in [1.165, 1.54) is 0 Å².